The van der Waals surface area contributed by atoms with E-state index in [-0.39, 0.29) is 5.75 Å². The van der Waals surface area contributed by atoms with E-state index in [9.17, 15) is 10.2 Å². The molecule has 3 rings (SSSR count). The van der Waals surface area contributed by atoms with Gasteiger partial charge in [-0.1, -0.05) is 43.5 Å². The standard InChI is InChI=1S/C18H19O2/c19-17-12-5-4-9-15(17)16-11-6-10-14(18(16)20)13-7-2-1-3-8-13/h4,6,9-13,19-20H,1-3,7-8H2. The van der Waals surface area contributed by atoms with Crippen LogP contribution in [0.25, 0.3) is 11.1 Å². The molecule has 0 bridgehead atoms. The zero-order chi connectivity index (χ0) is 13.9. The SMILES string of the molecule is Oc1c[c]ccc1-c1cccc(C2CCCCC2)c1O. The molecular formula is C18H19O2. The first-order chi connectivity index (χ1) is 9.77. The molecule has 2 aromatic rings. The minimum atomic E-state index is 0.156. The lowest BCUT2D eigenvalue weighted by atomic mass is 9.82. The molecule has 0 aliphatic heterocycles. The zero-order valence-corrected chi connectivity index (χ0v) is 11.5. The molecule has 1 fully saturated rings. The average Bonchev–Trinajstić information content (AvgIpc) is 2.49. The van der Waals surface area contributed by atoms with Crippen molar-refractivity contribution in [3.05, 3.63) is 48.0 Å². The highest BCUT2D eigenvalue weighted by Gasteiger charge is 2.20. The van der Waals surface area contributed by atoms with Crippen LogP contribution in [0.15, 0.2) is 36.4 Å². The van der Waals surface area contributed by atoms with Crippen molar-refractivity contribution in [1.29, 1.82) is 0 Å². The van der Waals surface area contributed by atoms with Crippen molar-refractivity contribution in [1.82, 2.24) is 0 Å². The summed E-state index contributed by atoms with van der Waals surface area (Å²) in [6.07, 6.45) is 6.06. The average molecular weight is 267 g/mol. The monoisotopic (exact) mass is 267 g/mol. The van der Waals surface area contributed by atoms with E-state index >= 15 is 0 Å². The Morgan fingerprint density at radius 3 is 2.50 bits per heavy atom. The molecule has 0 heterocycles. The lowest BCUT2D eigenvalue weighted by Gasteiger charge is -2.23. The minimum absolute atomic E-state index is 0.156. The second kappa shape index (κ2) is 5.58. The second-order valence-electron chi connectivity index (χ2n) is 5.52. The van der Waals surface area contributed by atoms with Crippen LogP contribution in [0, 0.1) is 6.07 Å². The summed E-state index contributed by atoms with van der Waals surface area (Å²) in [7, 11) is 0. The van der Waals surface area contributed by atoms with Crippen molar-refractivity contribution >= 4 is 0 Å². The van der Waals surface area contributed by atoms with Crippen LogP contribution in [-0.4, -0.2) is 10.2 Å². The number of phenolic OH excluding ortho intramolecular Hbond substituents is 2. The molecule has 20 heavy (non-hydrogen) atoms. The zero-order valence-electron chi connectivity index (χ0n) is 11.5. The van der Waals surface area contributed by atoms with Gasteiger partial charge in [-0.2, -0.15) is 0 Å². The third-order valence-corrected chi connectivity index (χ3v) is 4.24. The van der Waals surface area contributed by atoms with E-state index in [2.05, 4.69) is 6.07 Å². The van der Waals surface area contributed by atoms with E-state index in [1.165, 1.54) is 25.3 Å². The normalized spacial score (nSPS) is 16.2. The van der Waals surface area contributed by atoms with Gasteiger partial charge in [0.2, 0.25) is 0 Å². The molecule has 0 aromatic heterocycles. The van der Waals surface area contributed by atoms with Gasteiger partial charge in [0.1, 0.15) is 11.5 Å². The summed E-state index contributed by atoms with van der Waals surface area (Å²) in [5, 5.41) is 20.5. The summed E-state index contributed by atoms with van der Waals surface area (Å²) >= 11 is 0. The topological polar surface area (TPSA) is 40.5 Å². The fraction of sp³-hybridized carbons (Fsp3) is 0.333. The number of benzene rings is 2. The predicted octanol–water partition coefficient (Wildman–Crippen LogP) is 4.61. The first-order valence-corrected chi connectivity index (χ1v) is 7.28. The van der Waals surface area contributed by atoms with Crippen LogP contribution < -0.4 is 0 Å². The second-order valence-corrected chi connectivity index (χ2v) is 5.52. The van der Waals surface area contributed by atoms with E-state index in [1.54, 1.807) is 12.1 Å². The number of aromatic hydroxyl groups is 2. The summed E-state index contributed by atoms with van der Waals surface area (Å²) in [5.41, 5.74) is 2.40. The summed E-state index contributed by atoms with van der Waals surface area (Å²) in [4.78, 5) is 0. The molecule has 0 saturated heterocycles. The molecule has 0 spiro atoms. The highest BCUT2D eigenvalue weighted by Crippen LogP contribution is 2.43. The number of phenols is 2. The number of hydrogen-bond donors (Lipinski definition) is 2. The largest absolute Gasteiger partial charge is 0.507 e. The molecule has 0 atom stereocenters. The Labute approximate surface area is 119 Å². The Hall–Kier alpha value is -1.96. The molecule has 0 amide bonds. The quantitative estimate of drug-likeness (QED) is 0.834. The van der Waals surface area contributed by atoms with Gasteiger partial charge >= 0.3 is 0 Å². The van der Waals surface area contributed by atoms with Gasteiger partial charge in [-0.25, -0.2) is 0 Å². The fourth-order valence-electron chi connectivity index (χ4n) is 3.17. The molecule has 1 aliphatic rings. The number of hydrogen-bond acceptors (Lipinski definition) is 2. The molecule has 2 aromatic carbocycles. The molecule has 2 nitrogen and oxygen atoms in total. The smallest absolute Gasteiger partial charge is 0.127 e. The van der Waals surface area contributed by atoms with Crippen LogP contribution >= 0.6 is 0 Å². The van der Waals surface area contributed by atoms with Crippen molar-refractivity contribution in [3.8, 4) is 22.6 Å². The van der Waals surface area contributed by atoms with Crippen molar-refractivity contribution in [3.63, 3.8) is 0 Å². The van der Waals surface area contributed by atoms with E-state index in [4.69, 9.17) is 0 Å². The van der Waals surface area contributed by atoms with Gasteiger partial charge in [0, 0.05) is 11.1 Å². The Morgan fingerprint density at radius 2 is 1.75 bits per heavy atom. The van der Waals surface area contributed by atoms with E-state index in [0.29, 0.717) is 22.8 Å². The molecule has 2 N–H and O–H groups in total. The van der Waals surface area contributed by atoms with Crippen LogP contribution in [0.3, 0.4) is 0 Å². The summed E-state index contributed by atoms with van der Waals surface area (Å²) in [5.74, 6) is 0.922. The molecule has 103 valence electrons. The highest BCUT2D eigenvalue weighted by molar-refractivity contribution is 5.76. The van der Waals surface area contributed by atoms with Crippen LogP contribution in [0.2, 0.25) is 0 Å². The Morgan fingerprint density at radius 1 is 0.950 bits per heavy atom. The van der Waals surface area contributed by atoms with Crippen LogP contribution in [0.4, 0.5) is 0 Å². The van der Waals surface area contributed by atoms with Crippen LogP contribution in [0.1, 0.15) is 43.6 Å². The van der Waals surface area contributed by atoms with Gasteiger partial charge in [0.25, 0.3) is 0 Å². The highest BCUT2D eigenvalue weighted by atomic mass is 16.3. The minimum Gasteiger partial charge on any atom is -0.507 e. The first-order valence-electron chi connectivity index (χ1n) is 7.28. The first kappa shape index (κ1) is 13.0. The summed E-state index contributed by atoms with van der Waals surface area (Å²) in [6.45, 7) is 0. The Balaban J connectivity index is 2.03. The van der Waals surface area contributed by atoms with Gasteiger partial charge < -0.3 is 10.2 Å². The van der Waals surface area contributed by atoms with Gasteiger partial charge in [-0.15, -0.1) is 0 Å². The predicted molar refractivity (Wildman–Crippen MR) is 79.9 cm³/mol. The molecule has 1 radical (unpaired) electrons. The molecule has 2 heteroatoms. The molecular weight excluding hydrogens is 248 g/mol. The fourth-order valence-corrected chi connectivity index (χ4v) is 3.17. The lowest BCUT2D eigenvalue weighted by molar-refractivity contribution is 0.415. The van der Waals surface area contributed by atoms with Gasteiger partial charge in [-0.3, -0.25) is 0 Å². The maximum atomic E-state index is 10.6. The van der Waals surface area contributed by atoms with Crippen LogP contribution in [0.5, 0.6) is 11.5 Å². The van der Waals surface area contributed by atoms with Gasteiger partial charge in [-0.05, 0) is 42.5 Å². The number of para-hydroxylation sites is 1. The van der Waals surface area contributed by atoms with Crippen molar-refractivity contribution in [2.75, 3.05) is 0 Å². The molecule has 1 aliphatic carbocycles. The Bertz CT molecular complexity index is 598. The maximum absolute atomic E-state index is 10.6. The molecule has 0 unspecified atom stereocenters. The Kier molecular flexibility index (Phi) is 3.64. The molecule has 1 saturated carbocycles. The van der Waals surface area contributed by atoms with Crippen LogP contribution in [-0.2, 0) is 0 Å². The van der Waals surface area contributed by atoms with Gasteiger partial charge in [0.05, 0.1) is 0 Å². The maximum Gasteiger partial charge on any atom is 0.127 e. The third kappa shape index (κ3) is 2.38. The van der Waals surface area contributed by atoms with Crippen molar-refractivity contribution in [2.45, 2.75) is 38.0 Å². The lowest BCUT2D eigenvalue weighted by Crippen LogP contribution is -2.05. The van der Waals surface area contributed by atoms with Gasteiger partial charge in [0.15, 0.2) is 0 Å². The third-order valence-electron chi connectivity index (χ3n) is 4.24. The van der Waals surface area contributed by atoms with Crippen molar-refractivity contribution < 1.29 is 10.2 Å². The summed E-state index contributed by atoms with van der Waals surface area (Å²) in [6, 6.07) is 13.7. The van der Waals surface area contributed by atoms with Crippen molar-refractivity contribution in [2.24, 2.45) is 0 Å². The van der Waals surface area contributed by atoms with E-state index in [0.717, 1.165) is 18.4 Å². The number of rotatable bonds is 2. The van der Waals surface area contributed by atoms with E-state index < -0.39 is 0 Å². The summed E-state index contributed by atoms with van der Waals surface area (Å²) < 4.78 is 0. The van der Waals surface area contributed by atoms with E-state index in [1.807, 2.05) is 18.2 Å².